The molecule has 0 bridgehead atoms. The third-order valence-corrected chi connectivity index (χ3v) is 2.65. The van der Waals surface area contributed by atoms with Crippen LogP contribution in [0.5, 0.6) is 0 Å². The van der Waals surface area contributed by atoms with Gasteiger partial charge in [-0.2, -0.15) is 10.0 Å². The van der Waals surface area contributed by atoms with Crippen LogP contribution in [0.15, 0.2) is 24.3 Å². The van der Waals surface area contributed by atoms with Gasteiger partial charge in [-0.3, -0.25) is 0 Å². The number of aryl methyl sites for hydroxylation is 3. The van der Waals surface area contributed by atoms with Gasteiger partial charge in [0.2, 0.25) is 5.82 Å². The quantitative estimate of drug-likeness (QED) is 0.725. The van der Waals surface area contributed by atoms with Crippen LogP contribution in [0, 0.1) is 6.92 Å². The van der Waals surface area contributed by atoms with E-state index in [0.717, 1.165) is 5.56 Å². The number of nitrogens with zero attached hydrogens (tertiary/aromatic N) is 7. The number of nitrogens with one attached hydrogen (secondary N) is 1. The molecule has 3 rings (SSSR count). The highest BCUT2D eigenvalue weighted by atomic mass is 15.6. The molecule has 19 heavy (non-hydrogen) atoms. The highest BCUT2D eigenvalue weighted by Crippen LogP contribution is 2.14. The van der Waals surface area contributed by atoms with Crippen LogP contribution in [-0.4, -0.2) is 40.8 Å². The highest BCUT2D eigenvalue weighted by molar-refractivity contribution is 5.54. The molecule has 1 N–H and O–H groups in total. The number of benzene rings is 1. The Morgan fingerprint density at radius 1 is 1.26 bits per heavy atom. The van der Waals surface area contributed by atoms with Crippen LogP contribution < -0.4 is 0 Å². The topological polar surface area (TPSA) is 98.1 Å². The fourth-order valence-electron chi connectivity index (χ4n) is 1.73. The van der Waals surface area contributed by atoms with Crippen molar-refractivity contribution in [3.05, 3.63) is 35.7 Å². The summed E-state index contributed by atoms with van der Waals surface area (Å²) >= 11 is 0. The van der Waals surface area contributed by atoms with E-state index in [9.17, 15) is 0 Å². The molecule has 0 spiro atoms. The van der Waals surface area contributed by atoms with Gasteiger partial charge in [-0.1, -0.05) is 29.0 Å². The van der Waals surface area contributed by atoms with Crippen LogP contribution in [0.25, 0.3) is 11.4 Å². The van der Waals surface area contributed by atoms with E-state index in [-0.39, 0.29) is 0 Å². The smallest absolute Gasteiger partial charge is 0.177 e. The van der Waals surface area contributed by atoms with Gasteiger partial charge in [0.25, 0.3) is 0 Å². The van der Waals surface area contributed by atoms with Crippen LogP contribution >= 0.6 is 0 Å². The molecule has 0 unspecified atom stereocenters. The number of rotatable bonds is 4. The number of hydrogen-bond acceptors (Lipinski definition) is 6. The van der Waals surface area contributed by atoms with Crippen molar-refractivity contribution in [1.82, 2.24) is 40.8 Å². The van der Waals surface area contributed by atoms with Crippen LogP contribution in [-0.2, 0) is 13.0 Å². The third-order valence-electron chi connectivity index (χ3n) is 2.65. The Bertz CT molecular complexity index is 657. The van der Waals surface area contributed by atoms with Crippen molar-refractivity contribution in [2.24, 2.45) is 0 Å². The first-order valence-electron chi connectivity index (χ1n) is 5.88. The Hall–Kier alpha value is -2.64. The monoisotopic (exact) mass is 256 g/mol. The molecule has 0 aliphatic rings. The van der Waals surface area contributed by atoms with Gasteiger partial charge < -0.3 is 0 Å². The predicted molar refractivity (Wildman–Crippen MR) is 65.9 cm³/mol. The lowest BCUT2D eigenvalue weighted by Gasteiger charge is -1.96. The van der Waals surface area contributed by atoms with E-state index in [1.807, 2.05) is 31.2 Å². The van der Waals surface area contributed by atoms with Gasteiger partial charge in [0, 0.05) is 12.0 Å². The molecule has 0 saturated heterocycles. The summed E-state index contributed by atoms with van der Waals surface area (Å²) in [5.74, 6) is 1.26. The molecule has 0 radical (unpaired) electrons. The molecule has 2 heterocycles. The Morgan fingerprint density at radius 3 is 3.00 bits per heavy atom. The van der Waals surface area contributed by atoms with Gasteiger partial charge in [0.15, 0.2) is 5.82 Å². The molecule has 3 aromatic rings. The summed E-state index contributed by atoms with van der Waals surface area (Å²) < 4.78 is 0. The summed E-state index contributed by atoms with van der Waals surface area (Å²) in [6, 6.07) is 8.00. The summed E-state index contributed by atoms with van der Waals surface area (Å²) in [5, 5.41) is 26.0. The summed E-state index contributed by atoms with van der Waals surface area (Å²) in [6.45, 7) is 2.60. The zero-order chi connectivity index (χ0) is 13.1. The maximum Gasteiger partial charge on any atom is 0.204 e. The minimum Gasteiger partial charge on any atom is -0.177 e. The molecule has 0 aliphatic carbocycles. The zero-order valence-electron chi connectivity index (χ0n) is 10.4. The van der Waals surface area contributed by atoms with Crippen LogP contribution in [0.1, 0.15) is 11.4 Å². The SMILES string of the molecule is Cc1cccc(-c2nnn(CCc3nn[nH]n3)n2)c1. The number of hydrogen-bond donors (Lipinski definition) is 1. The van der Waals surface area contributed by atoms with Crippen molar-refractivity contribution in [3.63, 3.8) is 0 Å². The second kappa shape index (κ2) is 4.92. The average Bonchev–Trinajstić information content (AvgIpc) is 3.08. The van der Waals surface area contributed by atoms with E-state index in [1.54, 1.807) is 0 Å². The average molecular weight is 256 g/mol. The normalized spacial score (nSPS) is 10.8. The molecule has 2 aromatic heterocycles. The molecular weight excluding hydrogens is 244 g/mol. The summed E-state index contributed by atoms with van der Waals surface area (Å²) in [4.78, 5) is 1.54. The second-order valence-corrected chi connectivity index (χ2v) is 4.16. The minimum absolute atomic E-state index is 0.568. The van der Waals surface area contributed by atoms with Gasteiger partial charge in [-0.25, -0.2) is 0 Å². The van der Waals surface area contributed by atoms with Crippen molar-refractivity contribution in [3.8, 4) is 11.4 Å². The van der Waals surface area contributed by atoms with E-state index >= 15 is 0 Å². The second-order valence-electron chi connectivity index (χ2n) is 4.16. The van der Waals surface area contributed by atoms with Gasteiger partial charge in [-0.15, -0.1) is 20.4 Å². The largest absolute Gasteiger partial charge is 0.204 e. The van der Waals surface area contributed by atoms with Crippen molar-refractivity contribution >= 4 is 0 Å². The summed E-state index contributed by atoms with van der Waals surface area (Å²) in [5.41, 5.74) is 2.13. The van der Waals surface area contributed by atoms with Crippen molar-refractivity contribution < 1.29 is 0 Å². The fraction of sp³-hybridized carbons (Fsp3) is 0.273. The van der Waals surface area contributed by atoms with Crippen molar-refractivity contribution in [1.29, 1.82) is 0 Å². The maximum absolute atomic E-state index is 4.33. The van der Waals surface area contributed by atoms with Gasteiger partial charge in [-0.05, 0) is 18.2 Å². The van der Waals surface area contributed by atoms with Gasteiger partial charge in [0.1, 0.15) is 0 Å². The van der Waals surface area contributed by atoms with Crippen molar-refractivity contribution in [2.75, 3.05) is 0 Å². The van der Waals surface area contributed by atoms with Crippen LogP contribution in [0.3, 0.4) is 0 Å². The molecule has 1 aromatic carbocycles. The minimum atomic E-state index is 0.568. The number of aromatic amines is 1. The molecule has 8 heteroatoms. The van der Waals surface area contributed by atoms with Gasteiger partial charge in [0.05, 0.1) is 6.54 Å². The highest BCUT2D eigenvalue weighted by Gasteiger charge is 2.07. The molecule has 0 fully saturated rings. The lowest BCUT2D eigenvalue weighted by atomic mass is 10.1. The molecule has 0 saturated carbocycles. The first-order valence-corrected chi connectivity index (χ1v) is 5.88. The summed E-state index contributed by atoms with van der Waals surface area (Å²) in [6.07, 6.45) is 0.611. The fourth-order valence-corrected chi connectivity index (χ4v) is 1.73. The lowest BCUT2D eigenvalue weighted by molar-refractivity contribution is 0.515. The van der Waals surface area contributed by atoms with E-state index < -0.39 is 0 Å². The standard InChI is InChI=1S/C11H12N8/c1-8-3-2-4-9(7-8)11-14-18-19(15-11)6-5-10-12-16-17-13-10/h2-4,7H,5-6H2,1H3,(H,12,13,16,17). The summed E-state index contributed by atoms with van der Waals surface area (Å²) in [7, 11) is 0. The Morgan fingerprint density at radius 2 is 2.21 bits per heavy atom. The van der Waals surface area contributed by atoms with Crippen molar-refractivity contribution in [2.45, 2.75) is 19.9 Å². The van der Waals surface area contributed by atoms with E-state index in [0.29, 0.717) is 24.6 Å². The molecule has 0 amide bonds. The number of H-pyrrole nitrogens is 1. The Labute approximate surface area is 108 Å². The first-order chi connectivity index (χ1) is 9.31. The zero-order valence-corrected chi connectivity index (χ0v) is 10.4. The molecule has 0 aliphatic heterocycles. The Balaban J connectivity index is 1.72. The third kappa shape index (κ3) is 2.62. The van der Waals surface area contributed by atoms with Crippen LogP contribution in [0.2, 0.25) is 0 Å². The predicted octanol–water partition coefficient (Wildman–Crippen LogP) is 0.404. The first kappa shape index (κ1) is 11.5. The lowest BCUT2D eigenvalue weighted by Crippen LogP contribution is -2.06. The number of tetrazole rings is 2. The molecule has 8 nitrogen and oxygen atoms in total. The van der Waals surface area contributed by atoms with Gasteiger partial charge >= 0.3 is 0 Å². The van der Waals surface area contributed by atoms with E-state index in [4.69, 9.17) is 0 Å². The number of aromatic nitrogens is 8. The Kier molecular flexibility index (Phi) is 2.97. The molecule has 96 valence electrons. The molecule has 0 atom stereocenters. The van der Waals surface area contributed by atoms with E-state index in [2.05, 4.69) is 36.0 Å². The molecular formula is C11H12N8. The van der Waals surface area contributed by atoms with E-state index in [1.165, 1.54) is 10.4 Å². The maximum atomic E-state index is 4.33. The van der Waals surface area contributed by atoms with Crippen LogP contribution in [0.4, 0.5) is 0 Å².